The molecule has 0 spiro atoms. The summed E-state index contributed by atoms with van der Waals surface area (Å²) in [5.41, 5.74) is 3.44. The lowest BCUT2D eigenvalue weighted by Crippen LogP contribution is -2.19. The van der Waals surface area contributed by atoms with Crippen LogP contribution in [0.4, 0.5) is 0 Å². The van der Waals surface area contributed by atoms with Crippen LogP contribution in [0, 0.1) is 0 Å². The van der Waals surface area contributed by atoms with Crippen molar-refractivity contribution in [2.24, 2.45) is 0 Å². The Bertz CT molecular complexity index is 910. The fourth-order valence-electron chi connectivity index (χ4n) is 3.23. The third kappa shape index (κ3) is 3.21. The Kier molecular flexibility index (Phi) is 4.21. The molecule has 3 nitrogen and oxygen atoms in total. The molecular formula is C23H20O3. The number of benzene rings is 3. The maximum absolute atomic E-state index is 11.5. The monoisotopic (exact) mass is 344 g/mol. The molecule has 0 saturated heterocycles. The van der Waals surface area contributed by atoms with E-state index in [1.165, 1.54) is 0 Å². The SMILES string of the molecule is O=C(O)C1(c2cccc(-c3ccc(OCc4ccccc4)cc3)c2)CC1. The predicted molar refractivity (Wildman–Crippen MR) is 101 cm³/mol. The number of hydrogen-bond donors (Lipinski definition) is 1. The highest BCUT2D eigenvalue weighted by Crippen LogP contribution is 2.49. The molecule has 3 heteroatoms. The van der Waals surface area contributed by atoms with Crippen molar-refractivity contribution < 1.29 is 14.6 Å². The molecule has 1 fully saturated rings. The predicted octanol–water partition coefficient (Wildman–Crippen LogP) is 5.05. The zero-order valence-electron chi connectivity index (χ0n) is 14.4. The van der Waals surface area contributed by atoms with E-state index in [-0.39, 0.29) is 0 Å². The van der Waals surface area contributed by atoms with Crippen molar-refractivity contribution in [3.8, 4) is 16.9 Å². The van der Waals surface area contributed by atoms with Gasteiger partial charge in [0, 0.05) is 0 Å². The van der Waals surface area contributed by atoms with Crippen LogP contribution in [0.3, 0.4) is 0 Å². The minimum atomic E-state index is -0.723. The van der Waals surface area contributed by atoms with Gasteiger partial charge in [-0.3, -0.25) is 4.79 Å². The summed E-state index contributed by atoms with van der Waals surface area (Å²) < 4.78 is 5.82. The van der Waals surface area contributed by atoms with E-state index in [4.69, 9.17) is 4.74 Å². The van der Waals surface area contributed by atoms with Gasteiger partial charge in [-0.15, -0.1) is 0 Å². The first kappa shape index (κ1) is 16.4. The van der Waals surface area contributed by atoms with Crippen LogP contribution in [0.1, 0.15) is 24.0 Å². The Morgan fingerprint density at radius 2 is 1.62 bits per heavy atom. The third-order valence-electron chi connectivity index (χ3n) is 5.01. The van der Waals surface area contributed by atoms with Crippen LogP contribution in [0.2, 0.25) is 0 Å². The Labute approximate surface area is 152 Å². The zero-order valence-corrected chi connectivity index (χ0v) is 14.4. The normalized spacial score (nSPS) is 14.6. The van der Waals surface area contributed by atoms with Gasteiger partial charge in [-0.1, -0.05) is 66.7 Å². The van der Waals surface area contributed by atoms with Crippen LogP contribution in [0.5, 0.6) is 5.75 Å². The summed E-state index contributed by atoms with van der Waals surface area (Å²) in [6.07, 6.45) is 1.44. The molecule has 1 aliphatic carbocycles. The van der Waals surface area contributed by atoms with E-state index in [2.05, 4.69) is 0 Å². The van der Waals surface area contributed by atoms with Crippen molar-refractivity contribution in [2.45, 2.75) is 24.9 Å². The molecule has 0 heterocycles. The van der Waals surface area contributed by atoms with Gasteiger partial charge in [0.25, 0.3) is 0 Å². The molecule has 0 aromatic heterocycles. The average molecular weight is 344 g/mol. The average Bonchev–Trinajstić information content (AvgIpc) is 3.50. The highest BCUT2D eigenvalue weighted by atomic mass is 16.5. The van der Waals surface area contributed by atoms with Gasteiger partial charge in [-0.05, 0) is 47.2 Å². The molecule has 0 unspecified atom stereocenters. The van der Waals surface area contributed by atoms with Gasteiger partial charge in [0.2, 0.25) is 0 Å². The number of ether oxygens (including phenoxy) is 1. The van der Waals surface area contributed by atoms with Crippen molar-refractivity contribution in [1.29, 1.82) is 0 Å². The van der Waals surface area contributed by atoms with Crippen molar-refractivity contribution in [1.82, 2.24) is 0 Å². The molecule has 4 rings (SSSR count). The fraction of sp³-hybridized carbons (Fsp3) is 0.174. The highest BCUT2D eigenvalue weighted by Gasteiger charge is 2.51. The van der Waals surface area contributed by atoms with Crippen LogP contribution in [-0.2, 0) is 16.8 Å². The van der Waals surface area contributed by atoms with E-state index in [1.807, 2.05) is 78.9 Å². The molecule has 1 aliphatic rings. The number of rotatable bonds is 6. The van der Waals surface area contributed by atoms with E-state index in [0.29, 0.717) is 6.61 Å². The molecule has 3 aromatic rings. The molecule has 0 aliphatic heterocycles. The quantitative estimate of drug-likeness (QED) is 0.681. The van der Waals surface area contributed by atoms with Gasteiger partial charge >= 0.3 is 5.97 Å². The van der Waals surface area contributed by atoms with E-state index >= 15 is 0 Å². The first-order valence-electron chi connectivity index (χ1n) is 8.78. The van der Waals surface area contributed by atoms with Crippen LogP contribution >= 0.6 is 0 Å². The van der Waals surface area contributed by atoms with Gasteiger partial charge in [0.05, 0.1) is 5.41 Å². The van der Waals surface area contributed by atoms with Crippen LogP contribution in [-0.4, -0.2) is 11.1 Å². The molecule has 1 N–H and O–H groups in total. The zero-order chi connectivity index (χ0) is 18.0. The van der Waals surface area contributed by atoms with Crippen molar-refractivity contribution in [2.75, 3.05) is 0 Å². The summed E-state index contributed by atoms with van der Waals surface area (Å²) in [5.74, 6) is 0.0947. The summed E-state index contributed by atoms with van der Waals surface area (Å²) in [5, 5.41) is 9.49. The Morgan fingerprint density at radius 3 is 2.27 bits per heavy atom. The van der Waals surface area contributed by atoms with Crippen LogP contribution in [0.25, 0.3) is 11.1 Å². The molecule has 26 heavy (non-hydrogen) atoms. The first-order valence-corrected chi connectivity index (χ1v) is 8.78. The van der Waals surface area contributed by atoms with E-state index in [0.717, 1.165) is 40.8 Å². The van der Waals surface area contributed by atoms with Crippen LogP contribution < -0.4 is 4.74 Å². The minimum absolute atomic E-state index is 0.538. The molecule has 1 saturated carbocycles. The van der Waals surface area contributed by atoms with Crippen molar-refractivity contribution in [3.05, 3.63) is 90.0 Å². The van der Waals surface area contributed by atoms with Crippen LogP contribution in [0.15, 0.2) is 78.9 Å². The van der Waals surface area contributed by atoms with Gasteiger partial charge in [-0.2, -0.15) is 0 Å². The third-order valence-corrected chi connectivity index (χ3v) is 5.01. The second-order valence-corrected chi connectivity index (χ2v) is 6.77. The standard InChI is InChI=1S/C23H20O3/c24-22(25)23(13-14-23)20-8-4-7-19(15-20)18-9-11-21(12-10-18)26-16-17-5-2-1-3-6-17/h1-12,15H,13-14,16H2,(H,24,25). The number of carboxylic acid groups (broad SMARTS) is 1. The summed E-state index contributed by atoms with van der Waals surface area (Å²) in [7, 11) is 0. The second-order valence-electron chi connectivity index (χ2n) is 6.77. The van der Waals surface area contributed by atoms with Gasteiger partial charge in [0.1, 0.15) is 12.4 Å². The highest BCUT2D eigenvalue weighted by molar-refractivity contribution is 5.85. The molecular weight excluding hydrogens is 324 g/mol. The maximum atomic E-state index is 11.5. The van der Waals surface area contributed by atoms with E-state index in [1.54, 1.807) is 0 Å². The molecule has 3 aromatic carbocycles. The molecule has 130 valence electrons. The lowest BCUT2D eigenvalue weighted by molar-refractivity contribution is -0.140. The van der Waals surface area contributed by atoms with Crippen molar-refractivity contribution >= 4 is 5.97 Å². The first-order chi connectivity index (χ1) is 12.7. The topological polar surface area (TPSA) is 46.5 Å². The second kappa shape index (κ2) is 6.68. The number of hydrogen-bond acceptors (Lipinski definition) is 2. The van der Waals surface area contributed by atoms with Crippen molar-refractivity contribution in [3.63, 3.8) is 0 Å². The Balaban J connectivity index is 1.50. The Morgan fingerprint density at radius 1 is 0.885 bits per heavy atom. The van der Waals surface area contributed by atoms with Gasteiger partial charge in [-0.25, -0.2) is 0 Å². The maximum Gasteiger partial charge on any atom is 0.314 e. The number of aliphatic carboxylic acids is 1. The molecule has 0 amide bonds. The number of carboxylic acids is 1. The lowest BCUT2D eigenvalue weighted by Gasteiger charge is -2.12. The van der Waals surface area contributed by atoms with E-state index in [9.17, 15) is 9.90 Å². The summed E-state index contributed by atoms with van der Waals surface area (Å²) in [6, 6.07) is 25.9. The van der Waals surface area contributed by atoms with E-state index < -0.39 is 11.4 Å². The summed E-state index contributed by atoms with van der Waals surface area (Å²) in [4.78, 5) is 11.5. The van der Waals surface area contributed by atoms with Gasteiger partial charge < -0.3 is 9.84 Å². The fourth-order valence-corrected chi connectivity index (χ4v) is 3.23. The summed E-state index contributed by atoms with van der Waals surface area (Å²) in [6.45, 7) is 0.538. The number of carbonyl (C=O) groups is 1. The van der Waals surface area contributed by atoms with Gasteiger partial charge in [0.15, 0.2) is 0 Å². The molecule has 0 atom stereocenters. The molecule has 0 bridgehead atoms. The lowest BCUT2D eigenvalue weighted by atomic mass is 9.93. The largest absolute Gasteiger partial charge is 0.489 e. The summed E-state index contributed by atoms with van der Waals surface area (Å²) >= 11 is 0. The molecule has 0 radical (unpaired) electrons. The minimum Gasteiger partial charge on any atom is -0.489 e. The Hall–Kier alpha value is -3.07. The smallest absolute Gasteiger partial charge is 0.314 e.